The van der Waals surface area contributed by atoms with Crippen molar-refractivity contribution in [3.63, 3.8) is 0 Å². The number of rotatable bonds is 4. The Balaban J connectivity index is 2.87. The van der Waals surface area contributed by atoms with Crippen LogP contribution in [0.4, 0.5) is 0 Å². The van der Waals surface area contributed by atoms with Crippen molar-refractivity contribution in [1.82, 2.24) is 0 Å². The van der Waals surface area contributed by atoms with Crippen LogP contribution in [-0.4, -0.2) is 5.11 Å². The lowest BCUT2D eigenvalue weighted by atomic mass is 10.1. The van der Waals surface area contributed by atoms with E-state index in [4.69, 9.17) is 0 Å². The van der Waals surface area contributed by atoms with Crippen LogP contribution in [-0.2, 0) is 0 Å². The van der Waals surface area contributed by atoms with E-state index in [1.807, 2.05) is 31.2 Å². The van der Waals surface area contributed by atoms with Gasteiger partial charge in [0.25, 0.3) is 0 Å². The summed E-state index contributed by atoms with van der Waals surface area (Å²) in [5.74, 6) is 0.311. The molecule has 1 nitrogen and oxygen atoms in total. The first-order chi connectivity index (χ1) is 7.66. The Bertz CT molecular complexity index is 405. The second-order valence-corrected chi connectivity index (χ2v) is 4.54. The molecule has 0 amide bonds. The molecule has 0 saturated carbocycles. The van der Waals surface area contributed by atoms with E-state index in [0.29, 0.717) is 5.76 Å². The smallest absolute Gasteiger partial charge is 0.123 e. The standard InChI is InChI=1S/C14H17BrO/c1-3-4-5-6-10-14(16)12-8-7-9-13(15)11(12)2/h5-10,16H,3-4H2,1-2H3/b6-5+,14-10+. The molecule has 0 fully saturated rings. The minimum Gasteiger partial charge on any atom is -0.507 e. The van der Waals surface area contributed by atoms with Gasteiger partial charge in [-0.15, -0.1) is 0 Å². The van der Waals surface area contributed by atoms with Gasteiger partial charge < -0.3 is 5.11 Å². The predicted molar refractivity (Wildman–Crippen MR) is 73.5 cm³/mol. The summed E-state index contributed by atoms with van der Waals surface area (Å²) in [6, 6.07) is 5.81. The van der Waals surface area contributed by atoms with Gasteiger partial charge in [0.1, 0.15) is 5.76 Å². The van der Waals surface area contributed by atoms with Crippen molar-refractivity contribution in [2.24, 2.45) is 0 Å². The lowest BCUT2D eigenvalue weighted by Crippen LogP contribution is -1.88. The highest BCUT2D eigenvalue weighted by Gasteiger charge is 2.04. The first-order valence-electron chi connectivity index (χ1n) is 5.48. The van der Waals surface area contributed by atoms with Crippen molar-refractivity contribution < 1.29 is 5.11 Å². The lowest BCUT2D eigenvalue weighted by Gasteiger charge is -2.05. The third kappa shape index (κ3) is 3.53. The van der Waals surface area contributed by atoms with E-state index in [-0.39, 0.29) is 0 Å². The van der Waals surface area contributed by atoms with Gasteiger partial charge in [-0.05, 0) is 31.1 Å². The number of halogens is 1. The molecule has 86 valence electrons. The summed E-state index contributed by atoms with van der Waals surface area (Å²) >= 11 is 3.45. The highest BCUT2D eigenvalue weighted by molar-refractivity contribution is 9.10. The second-order valence-electron chi connectivity index (χ2n) is 3.68. The molecule has 0 spiro atoms. The van der Waals surface area contributed by atoms with Crippen LogP contribution < -0.4 is 0 Å². The van der Waals surface area contributed by atoms with Crippen molar-refractivity contribution in [3.8, 4) is 0 Å². The van der Waals surface area contributed by atoms with Gasteiger partial charge in [-0.1, -0.05) is 53.6 Å². The van der Waals surface area contributed by atoms with Gasteiger partial charge in [0.15, 0.2) is 0 Å². The van der Waals surface area contributed by atoms with E-state index in [0.717, 1.165) is 28.4 Å². The Morgan fingerprint density at radius 2 is 2.19 bits per heavy atom. The molecule has 1 aromatic carbocycles. The SMILES string of the molecule is CCC/C=C/C=C(/O)c1cccc(Br)c1C. The summed E-state index contributed by atoms with van der Waals surface area (Å²) in [4.78, 5) is 0. The maximum atomic E-state index is 9.91. The highest BCUT2D eigenvalue weighted by Crippen LogP contribution is 2.23. The first kappa shape index (κ1) is 13.0. The Morgan fingerprint density at radius 3 is 2.88 bits per heavy atom. The highest BCUT2D eigenvalue weighted by atomic mass is 79.9. The van der Waals surface area contributed by atoms with Gasteiger partial charge in [-0.2, -0.15) is 0 Å². The van der Waals surface area contributed by atoms with Gasteiger partial charge in [0.05, 0.1) is 0 Å². The number of hydrogen-bond acceptors (Lipinski definition) is 1. The molecule has 0 unspecified atom stereocenters. The van der Waals surface area contributed by atoms with Crippen molar-refractivity contribution in [3.05, 3.63) is 52.0 Å². The van der Waals surface area contributed by atoms with Gasteiger partial charge >= 0.3 is 0 Å². The normalized spacial score (nSPS) is 12.3. The summed E-state index contributed by atoms with van der Waals surface area (Å²) in [7, 11) is 0. The third-order valence-electron chi connectivity index (χ3n) is 2.39. The monoisotopic (exact) mass is 280 g/mol. The van der Waals surface area contributed by atoms with E-state index < -0.39 is 0 Å². The minimum absolute atomic E-state index is 0.311. The third-order valence-corrected chi connectivity index (χ3v) is 3.25. The van der Waals surface area contributed by atoms with Crippen molar-refractivity contribution in [1.29, 1.82) is 0 Å². The fourth-order valence-corrected chi connectivity index (χ4v) is 1.76. The van der Waals surface area contributed by atoms with Crippen LogP contribution in [0.1, 0.15) is 30.9 Å². The molecule has 0 aromatic heterocycles. The van der Waals surface area contributed by atoms with E-state index in [9.17, 15) is 5.11 Å². The molecule has 2 heteroatoms. The molecule has 1 rings (SSSR count). The number of unbranched alkanes of at least 4 members (excludes halogenated alkanes) is 1. The molecule has 16 heavy (non-hydrogen) atoms. The summed E-state index contributed by atoms with van der Waals surface area (Å²) in [6.45, 7) is 4.12. The molecule has 1 N–H and O–H groups in total. The molecule has 0 aliphatic carbocycles. The van der Waals surface area contributed by atoms with Gasteiger partial charge in [-0.3, -0.25) is 0 Å². The van der Waals surface area contributed by atoms with Crippen molar-refractivity contribution in [2.45, 2.75) is 26.7 Å². The predicted octanol–water partition coefficient (Wildman–Crippen LogP) is 5.01. The quantitative estimate of drug-likeness (QED) is 0.607. The summed E-state index contributed by atoms with van der Waals surface area (Å²) in [5.41, 5.74) is 1.93. The van der Waals surface area contributed by atoms with Crippen molar-refractivity contribution >= 4 is 21.7 Å². The van der Waals surface area contributed by atoms with Crippen LogP contribution in [0.15, 0.2) is 40.9 Å². The fraction of sp³-hybridized carbons (Fsp3) is 0.286. The molecule has 0 aliphatic heterocycles. The lowest BCUT2D eigenvalue weighted by molar-refractivity contribution is 0.511. The molecule has 0 bridgehead atoms. The van der Waals surface area contributed by atoms with Gasteiger partial charge in [0, 0.05) is 10.0 Å². The van der Waals surface area contributed by atoms with E-state index in [1.54, 1.807) is 6.08 Å². The fourth-order valence-electron chi connectivity index (χ4n) is 1.40. The van der Waals surface area contributed by atoms with Crippen LogP contribution in [0.5, 0.6) is 0 Å². The number of allylic oxidation sites excluding steroid dienone is 3. The van der Waals surface area contributed by atoms with Crippen LogP contribution >= 0.6 is 15.9 Å². The molecule has 0 saturated heterocycles. The van der Waals surface area contributed by atoms with Crippen LogP contribution in [0, 0.1) is 6.92 Å². The maximum Gasteiger partial charge on any atom is 0.123 e. The summed E-state index contributed by atoms with van der Waals surface area (Å²) in [6.07, 6.45) is 7.87. The van der Waals surface area contributed by atoms with Crippen molar-refractivity contribution in [2.75, 3.05) is 0 Å². The minimum atomic E-state index is 0.311. The van der Waals surface area contributed by atoms with E-state index >= 15 is 0 Å². The molecular weight excluding hydrogens is 264 g/mol. The number of benzene rings is 1. The van der Waals surface area contributed by atoms with Gasteiger partial charge in [0.2, 0.25) is 0 Å². The zero-order valence-electron chi connectivity index (χ0n) is 9.70. The van der Waals surface area contributed by atoms with Gasteiger partial charge in [-0.25, -0.2) is 0 Å². The maximum absolute atomic E-state index is 9.91. The molecular formula is C14H17BrO. The van der Waals surface area contributed by atoms with E-state index in [2.05, 4.69) is 28.9 Å². The molecule has 0 heterocycles. The number of hydrogen-bond donors (Lipinski definition) is 1. The second kappa shape index (κ2) is 6.54. The topological polar surface area (TPSA) is 20.2 Å². The summed E-state index contributed by atoms with van der Waals surface area (Å²) in [5, 5.41) is 9.91. The Morgan fingerprint density at radius 1 is 1.44 bits per heavy atom. The van der Waals surface area contributed by atoms with E-state index in [1.165, 1.54) is 0 Å². The Hall–Kier alpha value is -1.02. The molecule has 0 aliphatic rings. The zero-order valence-corrected chi connectivity index (χ0v) is 11.3. The number of aliphatic hydroxyl groups is 1. The zero-order chi connectivity index (χ0) is 12.0. The molecule has 0 radical (unpaired) electrons. The number of aliphatic hydroxyl groups excluding tert-OH is 1. The van der Waals surface area contributed by atoms with Crippen LogP contribution in [0.2, 0.25) is 0 Å². The largest absolute Gasteiger partial charge is 0.507 e. The molecule has 1 aromatic rings. The average Bonchev–Trinajstić information content (AvgIpc) is 2.28. The Labute approximate surface area is 106 Å². The van der Waals surface area contributed by atoms with Crippen LogP contribution in [0.3, 0.4) is 0 Å². The Kier molecular flexibility index (Phi) is 5.33. The average molecular weight is 281 g/mol. The van der Waals surface area contributed by atoms with Crippen LogP contribution in [0.25, 0.3) is 5.76 Å². The molecule has 0 atom stereocenters. The first-order valence-corrected chi connectivity index (χ1v) is 6.27. The summed E-state index contributed by atoms with van der Waals surface area (Å²) < 4.78 is 1.02.